The molecule has 0 aliphatic heterocycles. The van der Waals surface area contributed by atoms with E-state index in [0.717, 1.165) is 6.04 Å². The molecule has 4 heteroatoms. The van der Waals surface area contributed by atoms with Crippen LogP contribution in [0.5, 0.6) is 0 Å². The van der Waals surface area contributed by atoms with Gasteiger partial charge in [-0.2, -0.15) is 0 Å². The van der Waals surface area contributed by atoms with Gasteiger partial charge in [-0.25, -0.2) is 0 Å². The van der Waals surface area contributed by atoms with E-state index in [1.54, 1.807) is 21.3 Å². The van der Waals surface area contributed by atoms with Gasteiger partial charge in [0.15, 0.2) is 0 Å². The molecule has 0 atom stereocenters. The van der Waals surface area contributed by atoms with E-state index in [1.807, 2.05) is 6.92 Å². The average molecular weight is 226 g/mol. The predicted octanol–water partition coefficient (Wildman–Crippen LogP) is 2.55. The molecule has 0 bridgehead atoms. The van der Waals surface area contributed by atoms with Crippen LogP contribution in [0.15, 0.2) is 24.3 Å². The van der Waals surface area contributed by atoms with Crippen molar-refractivity contribution in [3.63, 3.8) is 0 Å². The number of hydrogen-bond acceptors (Lipinski definition) is 3. The summed E-state index contributed by atoms with van der Waals surface area (Å²) in [7, 11) is 2.65. The maximum atomic E-state index is 5.08. The molecule has 0 N–H and O–H groups in total. The van der Waals surface area contributed by atoms with Crippen LogP contribution in [0.4, 0.5) is 0 Å². The molecule has 0 fully saturated rings. The van der Waals surface area contributed by atoms with Gasteiger partial charge in [-0.15, -0.1) is 0 Å². The van der Waals surface area contributed by atoms with E-state index in [0.29, 0.717) is 0 Å². The second-order valence-electron chi connectivity index (χ2n) is 3.23. The van der Waals surface area contributed by atoms with Gasteiger partial charge in [0.05, 0.1) is 0 Å². The van der Waals surface area contributed by atoms with Gasteiger partial charge in [0.25, 0.3) is 0 Å². The lowest BCUT2D eigenvalue weighted by Gasteiger charge is -2.22. The molecule has 0 unspecified atom stereocenters. The zero-order valence-electron chi connectivity index (χ0n) is 9.74. The van der Waals surface area contributed by atoms with Crippen LogP contribution >= 0.6 is 0 Å². The summed E-state index contributed by atoms with van der Waals surface area (Å²) in [4.78, 5) is 0. The first-order valence-corrected chi connectivity index (χ1v) is 6.90. The van der Waals surface area contributed by atoms with Crippen LogP contribution in [-0.2, 0) is 13.3 Å². The highest BCUT2D eigenvalue weighted by Crippen LogP contribution is 2.32. The molecule has 0 aromatic heterocycles. The Labute approximate surface area is 92.3 Å². The Morgan fingerprint density at radius 1 is 1.00 bits per heavy atom. The molecule has 0 heterocycles. The zero-order valence-corrected chi connectivity index (χ0v) is 10.7. The van der Waals surface area contributed by atoms with Crippen LogP contribution < -0.4 is 0 Å². The van der Waals surface area contributed by atoms with Crippen LogP contribution in [0.2, 0.25) is 6.04 Å². The summed E-state index contributed by atoms with van der Waals surface area (Å²) >= 11 is 0. The third-order valence-electron chi connectivity index (χ3n) is 2.48. The summed E-state index contributed by atoms with van der Waals surface area (Å²) in [5, 5.41) is 0. The van der Waals surface area contributed by atoms with E-state index in [2.05, 4.69) is 24.3 Å². The van der Waals surface area contributed by atoms with E-state index < -0.39 is 8.80 Å². The summed E-state index contributed by atoms with van der Waals surface area (Å²) in [5.74, 6) is 0. The number of benzene rings is 1. The summed E-state index contributed by atoms with van der Waals surface area (Å²) in [6.45, 7) is 1.99. The zero-order chi connectivity index (χ0) is 11.3. The van der Waals surface area contributed by atoms with Gasteiger partial charge in [-0.1, -0.05) is 25.1 Å². The Bertz CT molecular complexity index is 276. The minimum atomic E-state index is -2.19. The minimum absolute atomic E-state index is 0.816. The monoisotopic (exact) mass is 226 g/mol. The first-order valence-electron chi connectivity index (χ1n) is 4.97. The van der Waals surface area contributed by atoms with Crippen LogP contribution in [0.3, 0.4) is 0 Å². The van der Waals surface area contributed by atoms with Crippen molar-refractivity contribution < 1.29 is 13.3 Å². The van der Waals surface area contributed by atoms with Crippen LogP contribution in [0.1, 0.15) is 6.92 Å². The molecule has 2 aliphatic rings. The largest absolute Gasteiger partial charge is 0.499 e. The van der Waals surface area contributed by atoms with E-state index in [1.165, 1.54) is 11.1 Å². The molecular weight excluding hydrogens is 208 g/mol. The third kappa shape index (κ3) is 3.14. The lowest BCUT2D eigenvalue weighted by atomic mass is 10.6. The summed E-state index contributed by atoms with van der Waals surface area (Å²) in [6.07, 6.45) is 0. The van der Waals surface area contributed by atoms with Gasteiger partial charge in [0, 0.05) is 27.4 Å². The molecule has 0 saturated carbocycles. The van der Waals surface area contributed by atoms with Crippen LogP contribution in [0, 0.1) is 0 Å². The normalized spacial score (nSPS) is 11.7. The fraction of sp³-hybridized carbons (Fsp3) is 0.455. The second kappa shape index (κ2) is 5.41. The van der Waals surface area contributed by atoms with Gasteiger partial charge in [0.1, 0.15) is 0 Å². The Kier molecular flexibility index (Phi) is 4.47. The molecule has 0 amide bonds. The van der Waals surface area contributed by atoms with Crippen molar-refractivity contribution >= 4 is 8.80 Å². The second-order valence-corrected chi connectivity index (χ2v) is 6.53. The van der Waals surface area contributed by atoms with Crippen molar-refractivity contribution in [1.82, 2.24) is 0 Å². The Balaban J connectivity index is 0.000000158. The highest BCUT2D eigenvalue weighted by molar-refractivity contribution is 6.60. The van der Waals surface area contributed by atoms with E-state index in [9.17, 15) is 0 Å². The smallest absolute Gasteiger partial charge is 0.377 e. The Morgan fingerprint density at radius 2 is 1.47 bits per heavy atom. The molecule has 2 rings (SSSR count). The minimum Gasteiger partial charge on any atom is -0.377 e. The standard InChI is InChI=1S/C6H4.C5H14O3Si/c1-2-5-4-6(5)3-1;1-5-9(6-2,7-3)8-4/h1-4H;5H2,1-4H3. The SMILES string of the molecule is CC[Si](OC)(OC)OC.c1cc2cc-2c1. The molecule has 2 aliphatic carbocycles. The molecule has 0 aromatic carbocycles. The Hall–Kier alpha value is -0.683. The molecule has 84 valence electrons. The topological polar surface area (TPSA) is 27.7 Å². The molecule has 0 saturated heterocycles. The number of hydrogen-bond donors (Lipinski definition) is 0. The fourth-order valence-corrected chi connectivity index (χ4v) is 2.72. The lowest BCUT2D eigenvalue weighted by molar-refractivity contribution is 0.125. The van der Waals surface area contributed by atoms with Crippen molar-refractivity contribution in [3.8, 4) is 11.1 Å². The van der Waals surface area contributed by atoms with E-state index >= 15 is 0 Å². The maximum Gasteiger partial charge on any atom is 0.499 e. The number of fused-ring (bicyclic) bond motifs is 1. The quantitative estimate of drug-likeness (QED) is 0.750. The molecule has 0 aromatic rings. The van der Waals surface area contributed by atoms with Crippen molar-refractivity contribution in [2.75, 3.05) is 21.3 Å². The predicted molar refractivity (Wildman–Crippen MR) is 62.7 cm³/mol. The summed E-state index contributed by atoms with van der Waals surface area (Å²) in [6, 6.07) is 9.30. The van der Waals surface area contributed by atoms with E-state index in [4.69, 9.17) is 13.3 Å². The van der Waals surface area contributed by atoms with Gasteiger partial charge in [-0.05, 0) is 17.2 Å². The molecule has 3 nitrogen and oxygen atoms in total. The first kappa shape index (κ1) is 12.4. The highest BCUT2D eigenvalue weighted by Gasteiger charge is 2.34. The number of rotatable bonds is 4. The summed E-state index contributed by atoms with van der Waals surface area (Å²) in [5.41, 5.74) is 2.85. The van der Waals surface area contributed by atoms with Gasteiger partial charge >= 0.3 is 8.80 Å². The lowest BCUT2D eigenvalue weighted by Crippen LogP contribution is -2.41. The average Bonchev–Trinajstić information content (AvgIpc) is 2.91. The summed E-state index contributed by atoms with van der Waals surface area (Å²) < 4.78 is 15.2. The maximum absolute atomic E-state index is 5.08. The van der Waals surface area contributed by atoms with Gasteiger partial charge in [-0.3, -0.25) is 0 Å². The van der Waals surface area contributed by atoms with Gasteiger partial charge in [0.2, 0.25) is 0 Å². The molecule has 0 spiro atoms. The molecule has 15 heavy (non-hydrogen) atoms. The van der Waals surface area contributed by atoms with Crippen molar-refractivity contribution in [3.05, 3.63) is 24.3 Å². The van der Waals surface area contributed by atoms with Gasteiger partial charge < -0.3 is 13.3 Å². The fourth-order valence-electron chi connectivity index (χ4n) is 1.36. The highest BCUT2D eigenvalue weighted by atomic mass is 28.4. The van der Waals surface area contributed by atoms with Crippen molar-refractivity contribution in [2.45, 2.75) is 13.0 Å². The van der Waals surface area contributed by atoms with Crippen LogP contribution in [0.25, 0.3) is 11.1 Å². The van der Waals surface area contributed by atoms with E-state index in [-0.39, 0.29) is 0 Å². The molecule has 0 radical (unpaired) electrons. The van der Waals surface area contributed by atoms with Crippen molar-refractivity contribution in [1.29, 1.82) is 0 Å². The van der Waals surface area contributed by atoms with Crippen LogP contribution in [-0.4, -0.2) is 30.1 Å². The third-order valence-corrected chi connectivity index (χ3v) is 5.21. The molecular formula is C11H18O3Si. The van der Waals surface area contributed by atoms with Crippen molar-refractivity contribution in [2.24, 2.45) is 0 Å². The Morgan fingerprint density at radius 3 is 1.53 bits per heavy atom. The first-order chi connectivity index (χ1) is 7.21.